The van der Waals surface area contributed by atoms with Crippen molar-refractivity contribution in [1.82, 2.24) is 46.6 Å². The van der Waals surface area contributed by atoms with Crippen molar-refractivity contribution < 1.29 is 114 Å². The maximum absolute atomic E-state index is 11.5. The second-order valence-electron chi connectivity index (χ2n) is 13.0. The summed E-state index contributed by atoms with van der Waals surface area (Å²) in [6.07, 6.45) is 12.4. The molecule has 0 saturated carbocycles. The van der Waals surface area contributed by atoms with E-state index >= 15 is 0 Å². The van der Waals surface area contributed by atoms with Crippen LogP contribution in [0.2, 0.25) is 0 Å². The number of nitrogens with one attached hydrogen (secondary N) is 1. The van der Waals surface area contributed by atoms with Gasteiger partial charge in [-0.15, -0.1) is 12.4 Å². The minimum absolute atomic E-state index is 0. The predicted molar refractivity (Wildman–Crippen MR) is 271 cm³/mol. The Morgan fingerprint density at radius 1 is 0.705 bits per heavy atom. The van der Waals surface area contributed by atoms with Gasteiger partial charge in [0.2, 0.25) is 0 Å². The second-order valence-corrected chi connectivity index (χ2v) is 13.6. The molecule has 32 heteroatoms. The van der Waals surface area contributed by atoms with Gasteiger partial charge in [0.05, 0.1) is 93.1 Å². The topological polar surface area (TPSA) is 353 Å². The number of hydrogen-bond donors (Lipinski definition) is 2. The third kappa shape index (κ3) is 42.4. The summed E-state index contributed by atoms with van der Waals surface area (Å²) in [7, 11) is 6.27. The van der Waals surface area contributed by atoms with Gasteiger partial charge in [0.15, 0.2) is 5.69 Å². The molecule has 0 radical (unpaired) electrons. The average molecular weight is 1230 g/mol. The Hall–Kier alpha value is -5.59. The quantitative estimate of drug-likeness (QED) is 0.0451. The number of alkyl halides is 1. The Kier molecular flexibility index (Phi) is 65.4. The van der Waals surface area contributed by atoms with E-state index < -0.39 is 5.97 Å². The van der Waals surface area contributed by atoms with Gasteiger partial charge in [-0.2, -0.15) is 24.4 Å². The van der Waals surface area contributed by atoms with Gasteiger partial charge in [0.1, 0.15) is 55.2 Å². The zero-order valence-electron chi connectivity index (χ0n) is 45.3. The molecule has 0 aliphatic rings. The number of carbonyl (C=O) groups excluding carboxylic acids is 3. The minimum Gasteiger partial charge on any atom is -1.00 e. The normalized spacial score (nSPS) is 9.78. The first-order valence-electron chi connectivity index (χ1n) is 21.5. The van der Waals surface area contributed by atoms with Gasteiger partial charge < -0.3 is 82.3 Å². The van der Waals surface area contributed by atoms with Crippen molar-refractivity contribution in [3.05, 3.63) is 133 Å². The number of aliphatic hydroxyl groups is 1. The number of rotatable bonds is 13. The fourth-order valence-corrected chi connectivity index (χ4v) is 4.13. The predicted octanol–water partition coefficient (Wildman–Crippen LogP) is -1.18. The summed E-state index contributed by atoms with van der Waals surface area (Å²) in [4.78, 5) is 42.4. The third-order valence-electron chi connectivity index (χ3n) is 7.65. The number of hydrogen-bond acceptors (Lipinski definition) is 25. The van der Waals surface area contributed by atoms with Crippen LogP contribution in [-0.2, 0) is 47.1 Å². The molecule has 0 aliphatic heterocycles. The van der Waals surface area contributed by atoms with Crippen molar-refractivity contribution in [2.24, 2.45) is 0 Å². The Morgan fingerprint density at radius 2 is 1.10 bits per heavy atom. The first-order valence-corrected chi connectivity index (χ1v) is 22.7. The van der Waals surface area contributed by atoms with E-state index in [1.54, 1.807) is 92.4 Å². The van der Waals surface area contributed by atoms with E-state index in [2.05, 4.69) is 98.7 Å². The minimum atomic E-state index is -0.448. The van der Waals surface area contributed by atoms with Crippen molar-refractivity contribution in [2.75, 3.05) is 41.5 Å². The molecule has 0 saturated heterocycles. The van der Waals surface area contributed by atoms with Gasteiger partial charge in [-0.1, -0.05) is 52.0 Å². The van der Waals surface area contributed by atoms with Crippen LogP contribution in [0.25, 0.3) is 0 Å². The van der Waals surface area contributed by atoms with E-state index in [0.717, 1.165) is 11.0 Å². The van der Waals surface area contributed by atoms with Gasteiger partial charge >= 0.3 is 53.9 Å². The molecule has 7 heterocycles. The first kappa shape index (κ1) is 86.3. The third-order valence-corrected chi connectivity index (χ3v) is 8.23. The van der Waals surface area contributed by atoms with Crippen LogP contribution in [0, 0.1) is 29.1 Å². The van der Waals surface area contributed by atoms with Crippen molar-refractivity contribution in [1.29, 1.82) is 10.5 Å². The molecule has 26 nitrogen and oxygen atoms in total. The van der Waals surface area contributed by atoms with Gasteiger partial charge in [-0.3, -0.25) is 14.4 Å². The van der Waals surface area contributed by atoms with Crippen LogP contribution >= 0.6 is 28.3 Å². The average Bonchev–Trinajstić information content (AvgIpc) is 4.27. The molecule has 7 aromatic heterocycles. The number of carbonyl (C=O) groups is 3. The molecule has 78 heavy (non-hydrogen) atoms. The van der Waals surface area contributed by atoms with Crippen molar-refractivity contribution in [3.8, 4) is 12.1 Å². The number of amides is 1. The summed E-state index contributed by atoms with van der Waals surface area (Å²) in [5.74, 6) is -1.73. The molecule has 424 valence electrons. The van der Waals surface area contributed by atoms with E-state index in [9.17, 15) is 14.4 Å². The van der Waals surface area contributed by atoms with Crippen LogP contribution in [0.15, 0.2) is 118 Å². The summed E-state index contributed by atoms with van der Waals surface area (Å²) >= 11 is 3.21. The van der Waals surface area contributed by atoms with Gasteiger partial charge in [0.25, 0.3) is 5.91 Å². The maximum Gasteiger partial charge on any atom is 2.00 e. The van der Waals surface area contributed by atoms with E-state index in [1.165, 1.54) is 55.8 Å². The summed E-state index contributed by atoms with van der Waals surface area (Å²) in [5, 5.41) is 51.5. The molecule has 7 rings (SSSR count). The molecule has 0 fully saturated rings. The SMILES string of the molecule is BrCc1ccon1.CC(C#N)c1ccon1.CCOC(=O)C(C)c1ccon1.CCOC(=O)c1ccon1.CNOC.CON(C)C(=O)C(C)c1ccon1.C[CH-]C.Cl.N#CCc1ccon1.OCc1ccon1.[Cl-].[Cl-].[Li+].[Mg+2]. The second kappa shape index (κ2) is 59.1. The van der Waals surface area contributed by atoms with Crippen molar-refractivity contribution >= 4 is 69.2 Å². The standard InChI is InChI=1S/C8H12N2O3.C8H11NO3.C6H6N2O.C6H7NO3.C5H4N2O.C4H4BrNO.C4H5NO2.C3H7.C2H7NO.3ClH.Li.Mg/c1-6(7-4-5-13-9-7)8(11)10(2)12-3;1-3-11-8(10)6(2)7-4-5-12-9-7;1-5(4-7)6-2-3-9-8-6;1-2-9-6(8)5-3-4-10-7-5;6-3-1-5-2-4-8-7-5;5-3-4-1-2-7-6-4;6-3-4-1-2-7-5-4;1-3-2;1-3-4-2;;;;;/h4-6H,1-3H3;4-6H,3H2,1-2H3;2-3,5H,1H3;3-4H,2H2,1H3;2,4H,1H2;1-2H,3H2;1-2,6H,3H2;3H,1-2H3;3H,1-2H3;3*1H;;/q;;;;;;;-1;;;;;+1;+2/p-2. The van der Waals surface area contributed by atoms with E-state index in [0.29, 0.717) is 48.1 Å². The molecule has 0 aromatic carbocycles. The van der Waals surface area contributed by atoms with Crippen LogP contribution in [0.3, 0.4) is 0 Å². The number of hydroxylamine groups is 3. The molecule has 0 spiro atoms. The molecule has 3 atom stereocenters. The number of likely N-dealkylation sites (N-methyl/N-ethyl adjacent to an activating group) is 1. The van der Waals surface area contributed by atoms with Crippen LogP contribution in [-0.4, -0.2) is 129 Å². The molecular formula is C46H64BrCl3LiMgN11O15. The zero-order chi connectivity index (χ0) is 55.1. The Labute approximate surface area is 507 Å². The number of nitriles is 2. The smallest absolute Gasteiger partial charge is 1.00 e. The Morgan fingerprint density at radius 3 is 1.41 bits per heavy atom. The largest absolute Gasteiger partial charge is 2.00 e. The number of nitrogens with zero attached hydrogens (tertiary/aromatic N) is 10. The van der Waals surface area contributed by atoms with Gasteiger partial charge in [0, 0.05) is 61.9 Å². The van der Waals surface area contributed by atoms with Crippen molar-refractivity contribution in [3.63, 3.8) is 0 Å². The zero-order valence-corrected chi connectivity index (χ0v) is 50.6. The number of aromatic nitrogens is 7. The molecule has 0 bridgehead atoms. The van der Waals surface area contributed by atoms with E-state index in [4.69, 9.17) is 25.2 Å². The van der Waals surface area contributed by atoms with Crippen LogP contribution in [0.5, 0.6) is 0 Å². The molecule has 2 N–H and O–H groups in total. The fourth-order valence-electron chi connectivity index (χ4n) is 3.84. The van der Waals surface area contributed by atoms with Crippen LogP contribution in [0.1, 0.15) is 111 Å². The Bertz CT molecular complexity index is 2330. The fraction of sp³-hybridized carbons (Fsp3) is 0.413. The molecule has 1 amide bonds. The van der Waals surface area contributed by atoms with Crippen LogP contribution < -0.4 is 49.2 Å². The first-order chi connectivity index (χ1) is 35.2. The molecular weight excluding hydrogens is 1160 g/mol. The number of esters is 2. The molecule has 3 unspecified atom stereocenters. The monoisotopic (exact) mass is 1230 g/mol. The Balaban J connectivity index is -0.000000147. The van der Waals surface area contributed by atoms with Gasteiger partial charge in [-0.05, 0) is 34.6 Å². The number of ether oxygens (including phenoxy) is 2. The number of aliphatic hydroxyl groups excluding tert-OH is 1. The summed E-state index contributed by atoms with van der Waals surface area (Å²) in [6, 6.07) is 15.5. The molecule has 7 aromatic rings. The van der Waals surface area contributed by atoms with Crippen LogP contribution in [0.4, 0.5) is 0 Å². The van der Waals surface area contributed by atoms with E-state index in [-0.39, 0.29) is 121 Å². The summed E-state index contributed by atoms with van der Waals surface area (Å²) in [6.45, 7) is 13.5. The maximum atomic E-state index is 11.5. The van der Waals surface area contributed by atoms with E-state index in [1.807, 2.05) is 38.5 Å². The number of halogens is 4. The van der Waals surface area contributed by atoms with Gasteiger partial charge in [-0.25, -0.2) is 15.3 Å². The summed E-state index contributed by atoms with van der Waals surface area (Å²) in [5.41, 5.74) is 6.73. The summed E-state index contributed by atoms with van der Waals surface area (Å²) < 4.78 is 41.0. The van der Waals surface area contributed by atoms with Crippen molar-refractivity contribution in [2.45, 2.75) is 84.6 Å². The molecule has 0 aliphatic carbocycles.